The maximum absolute atomic E-state index is 10.5. The highest BCUT2D eigenvalue weighted by Gasteiger charge is 2.21. The summed E-state index contributed by atoms with van der Waals surface area (Å²) in [7, 11) is 0. The highest BCUT2D eigenvalue weighted by Crippen LogP contribution is 2.24. The summed E-state index contributed by atoms with van der Waals surface area (Å²) in [4.78, 5) is 10.2. The summed E-state index contributed by atoms with van der Waals surface area (Å²) in [6, 6.07) is 0. The molecular formula is C11H18NO2. The molecule has 0 heterocycles. The Balaban J connectivity index is 0.000000791. The Morgan fingerprint density at radius 1 is 1.43 bits per heavy atom. The summed E-state index contributed by atoms with van der Waals surface area (Å²) < 4.78 is 0. The molecule has 0 unspecified atom stereocenters. The van der Waals surface area contributed by atoms with Crippen molar-refractivity contribution in [1.29, 1.82) is 0 Å². The zero-order chi connectivity index (χ0) is 11.1. The highest BCUT2D eigenvalue weighted by molar-refractivity contribution is 5.33. The van der Waals surface area contributed by atoms with E-state index in [1.54, 1.807) is 6.08 Å². The van der Waals surface area contributed by atoms with Crippen molar-refractivity contribution in [3.05, 3.63) is 40.0 Å². The van der Waals surface area contributed by atoms with Crippen LogP contribution < -0.4 is 0 Å². The van der Waals surface area contributed by atoms with Crippen LogP contribution in [0.25, 0.3) is 0 Å². The SMILES string of the molecule is CC.CC(C)C1=CC[CH]C=C1[N+](=O)[O-]. The van der Waals surface area contributed by atoms with E-state index in [4.69, 9.17) is 0 Å². The molecule has 0 aliphatic heterocycles. The van der Waals surface area contributed by atoms with Gasteiger partial charge in [0.25, 0.3) is 5.70 Å². The number of rotatable bonds is 2. The van der Waals surface area contributed by atoms with Gasteiger partial charge < -0.3 is 0 Å². The first-order chi connectivity index (χ1) is 6.63. The minimum absolute atomic E-state index is 0.232. The van der Waals surface area contributed by atoms with Crippen LogP contribution in [0.5, 0.6) is 0 Å². The van der Waals surface area contributed by atoms with Crippen LogP contribution >= 0.6 is 0 Å². The minimum Gasteiger partial charge on any atom is -0.258 e. The predicted molar refractivity (Wildman–Crippen MR) is 58.3 cm³/mol. The van der Waals surface area contributed by atoms with Crippen LogP contribution in [-0.4, -0.2) is 4.92 Å². The Morgan fingerprint density at radius 2 is 2.00 bits per heavy atom. The van der Waals surface area contributed by atoms with Gasteiger partial charge in [0, 0.05) is 5.57 Å². The zero-order valence-electron chi connectivity index (χ0n) is 9.28. The maximum Gasteiger partial charge on any atom is 0.268 e. The van der Waals surface area contributed by atoms with Gasteiger partial charge in [0.05, 0.1) is 4.92 Å². The number of hydrogen-bond donors (Lipinski definition) is 0. The summed E-state index contributed by atoms with van der Waals surface area (Å²) in [5, 5.41) is 10.5. The van der Waals surface area contributed by atoms with Crippen molar-refractivity contribution in [2.75, 3.05) is 0 Å². The average molecular weight is 196 g/mol. The van der Waals surface area contributed by atoms with E-state index in [0.717, 1.165) is 12.0 Å². The molecule has 1 aliphatic carbocycles. The third kappa shape index (κ3) is 3.32. The van der Waals surface area contributed by atoms with Crippen molar-refractivity contribution in [2.45, 2.75) is 34.1 Å². The van der Waals surface area contributed by atoms with Crippen molar-refractivity contribution < 1.29 is 4.92 Å². The van der Waals surface area contributed by atoms with Crippen LogP contribution in [-0.2, 0) is 0 Å². The molecule has 1 aliphatic rings. The Morgan fingerprint density at radius 3 is 2.36 bits per heavy atom. The topological polar surface area (TPSA) is 43.1 Å². The van der Waals surface area contributed by atoms with Gasteiger partial charge in [-0.15, -0.1) is 0 Å². The smallest absolute Gasteiger partial charge is 0.258 e. The van der Waals surface area contributed by atoms with Crippen molar-refractivity contribution >= 4 is 0 Å². The van der Waals surface area contributed by atoms with Crippen molar-refractivity contribution in [3.8, 4) is 0 Å². The summed E-state index contributed by atoms with van der Waals surface area (Å²) in [6.45, 7) is 7.93. The molecule has 0 aromatic rings. The Hall–Kier alpha value is -1.12. The molecular weight excluding hydrogens is 178 g/mol. The van der Waals surface area contributed by atoms with E-state index in [1.807, 2.05) is 40.2 Å². The molecule has 79 valence electrons. The van der Waals surface area contributed by atoms with Crippen LogP contribution in [0.1, 0.15) is 34.1 Å². The monoisotopic (exact) mass is 196 g/mol. The molecule has 14 heavy (non-hydrogen) atoms. The van der Waals surface area contributed by atoms with E-state index in [-0.39, 0.29) is 16.5 Å². The highest BCUT2D eigenvalue weighted by atomic mass is 16.6. The fourth-order valence-corrected chi connectivity index (χ4v) is 1.27. The first-order valence-electron chi connectivity index (χ1n) is 5.01. The third-order valence-corrected chi connectivity index (χ3v) is 1.86. The minimum atomic E-state index is -0.318. The lowest BCUT2D eigenvalue weighted by atomic mass is 9.94. The molecule has 0 aromatic heterocycles. The predicted octanol–water partition coefficient (Wildman–Crippen LogP) is 3.36. The van der Waals surface area contributed by atoms with Gasteiger partial charge in [0.2, 0.25) is 0 Å². The standard InChI is InChI=1S/C9H12NO2.C2H6/c1-7(2)8-5-3-4-6-9(8)10(11)12;1-2/h4-7H,3H2,1-2H3;1-2H3. The van der Waals surface area contributed by atoms with E-state index in [0.29, 0.717) is 0 Å². The molecule has 0 spiro atoms. The first kappa shape index (κ1) is 12.9. The first-order valence-corrected chi connectivity index (χ1v) is 5.01. The van der Waals surface area contributed by atoms with E-state index in [9.17, 15) is 10.1 Å². The van der Waals surface area contributed by atoms with Crippen LogP contribution in [0.3, 0.4) is 0 Å². The van der Waals surface area contributed by atoms with E-state index in [2.05, 4.69) is 0 Å². The molecule has 1 radical (unpaired) electrons. The van der Waals surface area contributed by atoms with E-state index >= 15 is 0 Å². The molecule has 3 heteroatoms. The molecule has 0 saturated heterocycles. The molecule has 1 rings (SSSR count). The second-order valence-electron chi connectivity index (χ2n) is 3.09. The van der Waals surface area contributed by atoms with E-state index in [1.165, 1.54) is 0 Å². The molecule has 0 amide bonds. The lowest BCUT2D eigenvalue weighted by molar-refractivity contribution is -0.421. The molecule has 0 saturated carbocycles. The Bertz CT molecular complexity index is 252. The summed E-state index contributed by atoms with van der Waals surface area (Å²) in [5.74, 6) is 0.232. The maximum atomic E-state index is 10.5. The quantitative estimate of drug-likeness (QED) is 0.502. The zero-order valence-corrected chi connectivity index (χ0v) is 9.28. The normalized spacial score (nSPS) is 15.2. The number of hydrogen-bond acceptors (Lipinski definition) is 2. The fourth-order valence-electron chi connectivity index (χ4n) is 1.27. The fraction of sp³-hybridized carbons (Fsp3) is 0.545. The van der Waals surface area contributed by atoms with E-state index < -0.39 is 0 Å². The van der Waals surface area contributed by atoms with Gasteiger partial charge in [-0.3, -0.25) is 10.1 Å². The van der Waals surface area contributed by atoms with Crippen LogP contribution in [0.4, 0.5) is 0 Å². The summed E-state index contributed by atoms with van der Waals surface area (Å²) in [6.07, 6.45) is 6.13. The summed E-state index contributed by atoms with van der Waals surface area (Å²) in [5.41, 5.74) is 1.10. The Labute approximate surface area is 85.7 Å². The second-order valence-corrected chi connectivity index (χ2v) is 3.09. The average Bonchev–Trinajstić information content (AvgIpc) is 2.20. The van der Waals surface area contributed by atoms with Crippen LogP contribution in [0.2, 0.25) is 0 Å². The Kier molecular flexibility index (Phi) is 5.84. The third-order valence-electron chi connectivity index (χ3n) is 1.86. The molecule has 0 fully saturated rings. The van der Waals surface area contributed by atoms with Gasteiger partial charge in [-0.1, -0.05) is 33.8 Å². The molecule has 0 bridgehead atoms. The summed E-state index contributed by atoms with van der Waals surface area (Å²) >= 11 is 0. The van der Waals surface area contributed by atoms with Gasteiger partial charge in [-0.05, 0) is 24.8 Å². The lowest BCUT2D eigenvalue weighted by Gasteiger charge is -2.11. The van der Waals surface area contributed by atoms with Crippen LogP contribution in [0, 0.1) is 22.5 Å². The van der Waals surface area contributed by atoms with Gasteiger partial charge in [0.15, 0.2) is 0 Å². The number of allylic oxidation sites excluding steroid dienone is 3. The lowest BCUT2D eigenvalue weighted by Crippen LogP contribution is -2.09. The second kappa shape index (κ2) is 6.35. The van der Waals surface area contributed by atoms with Crippen molar-refractivity contribution in [2.24, 2.45) is 5.92 Å². The number of nitro groups is 1. The largest absolute Gasteiger partial charge is 0.268 e. The number of nitrogens with zero attached hydrogens (tertiary/aromatic N) is 1. The molecule has 0 atom stereocenters. The van der Waals surface area contributed by atoms with Crippen molar-refractivity contribution in [3.63, 3.8) is 0 Å². The molecule has 3 nitrogen and oxygen atoms in total. The van der Waals surface area contributed by atoms with Gasteiger partial charge in [0.1, 0.15) is 0 Å². The van der Waals surface area contributed by atoms with Gasteiger partial charge in [-0.2, -0.15) is 0 Å². The molecule has 0 N–H and O–H groups in total. The van der Waals surface area contributed by atoms with Crippen molar-refractivity contribution in [1.82, 2.24) is 0 Å². The molecule has 0 aromatic carbocycles. The van der Waals surface area contributed by atoms with Gasteiger partial charge >= 0.3 is 0 Å². The van der Waals surface area contributed by atoms with Gasteiger partial charge in [-0.25, -0.2) is 0 Å². The van der Waals surface area contributed by atoms with Crippen LogP contribution in [0.15, 0.2) is 23.4 Å².